The summed E-state index contributed by atoms with van der Waals surface area (Å²) in [6.07, 6.45) is 0. The van der Waals surface area contributed by atoms with Crippen molar-refractivity contribution in [2.75, 3.05) is 14.2 Å². The molecule has 0 radical (unpaired) electrons. The maximum Gasteiger partial charge on any atom is 0.335 e. The second-order valence-corrected chi connectivity index (χ2v) is 6.70. The number of hydrogen-bond acceptors (Lipinski definition) is 5. The Hall–Kier alpha value is -2.65. The number of sulfonamides is 1. The Morgan fingerprint density at radius 1 is 1.12 bits per heavy atom. The van der Waals surface area contributed by atoms with Crippen LogP contribution in [0.5, 0.6) is 11.5 Å². The normalized spacial score (nSPS) is 11.2. The van der Waals surface area contributed by atoms with Crippen molar-refractivity contribution >= 4 is 16.0 Å². The van der Waals surface area contributed by atoms with Crippen LogP contribution in [-0.2, 0) is 16.6 Å². The average Bonchev–Trinajstić information content (AvgIpc) is 2.59. The molecular weight excluding hydrogens is 353 g/mol. The third kappa shape index (κ3) is 4.25. The maximum atomic E-state index is 13.8. The zero-order chi connectivity index (χ0) is 18.6. The summed E-state index contributed by atoms with van der Waals surface area (Å²) in [5.74, 6) is -1.49. The molecule has 25 heavy (non-hydrogen) atoms. The van der Waals surface area contributed by atoms with Gasteiger partial charge in [-0.05, 0) is 35.9 Å². The highest BCUT2D eigenvalue weighted by Crippen LogP contribution is 2.27. The number of carboxylic acids is 1. The number of ether oxygens (including phenoxy) is 2. The van der Waals surface area contributed by atoms with Crippen molar-refractivity contribution in [3.63, 3.8) is 0 Å². The average molecular weight is 369 g/mol. The zero-order valence-corrected chi connectivity index (χ0v) is 14.3. The van der Waals surface area contributed by atoms with Crippen LogP contribution in [0.15, 0.2) is 41.3 Å². The van der Waals surface area contributed by atoms with E-state index in [1.165, 1.54) is 14.2 Å². The largest absolute Gasteiger partial charge is 0.493 e. The summed E-state index contributed by atoms with van der Waals surface area (Å²) in [6.45, 7) is -0.139. The van der Waals surface area contributed by atoms with E-state index < -0.39 is 26.7 Å². The van der Waals surface area contributed by atoms with Gasteiger partial charge in [0.1, 0.15) is 10.7 Å². The first-order valence-electron chi connectivity index (χ1n) is 7.02. The van der Waals surface area contributed by atoms with Gasteiger partial charge in [0.05, 0.1) is 19.8 Å². The number of methoxy groups -OCH3 is 2. The minimum Gasteiger partial charge on any atom is -0.493 e. The van der Waals surface area contributed by atoms with E-state index in [-0.39, 0.29) is 12.1 Å². The van der Waals surface area contributed by atoms with Gasteiger partial charge >= 0.3 is 5.97 Å². The van der Waals surface area contributed by atoms with Crippen molar-refractivity contribution < 1.29 is 32.2 Å². The van der Waals surface area contributed by atoms with Crippen molar-refractivity contribution in [1.82, 2.24) is 4.72 Å². The molecule has 0 spiro atoms. The van der Waals surface area contributed by atoms with Crippen LogP contribution < -0.4 is 14.2 Å². The summed E-state index contributed by atoms with van der Waals surface area (Å²) in [4.78, 5) is 10.2. The lowest BCUT2D eigenvalue weighted by Gasteiger charge is -2.11. The molecule has 2 aromatic rings. The standard InChI is InChI=1S/C16H16FNO6S/c1-23-13-6-3-10(7-14(13)24-2)9-18-25(21,22)15-8-11(16(19)20)4-5-12(15)17/h3-8,18H,9H2,1-2H3,(H,19,20). The van der Waals surface area contributed by atoms with Gasteiger partial charge in [-0.3, -0.25) is 0 Å². The highest BCUT2D eigenvalue weighted by molar-refractivity contribution is 7.89. The van der Waals surface area contributed by atoms with E-state index in [9.17, 15) is 17.6 Å². The van der Waals surface area contributed by atoms with Crippen LogP contribution >= 0.6 is 0 Å². The number of halogens is 1. The van der Waals surface area contributed by atoms with Gasteiger partial charge in [-0.15, -0.1) is 0 Å². The molecule has 0 heterocycles. The number of nitrogens with one attached hydrogen (secondary N) is 1. The fourth-order valence-corrected chi connectivity index (χ4v) is 3.21. The minimum atomic E-state index is -4.24. The summed E-state index contributed by atoms with van der Waals surface area (Å²) >= 11 is 0. The molecule has 2 N–H and O–H groups in total. The van der Waals surface area contributed by atoms with Gasteiger partial charge in [0.2, 0.25) is 10.0 Å². The Labute approximate surface area is 144 Å². The number of rotatable bonds is 7. The smallest absolute Gasteiger partial charge is 0.335 e. The van der Waals surface area contributed by atoms with E-state index in [0.717, 1.165) is 18.2 Å². The van der Waals surface area contributed by atoms with Crippen molar-refractivity contribution in [2.24, 2.45) is 0 Å². The van der Waals surface area contributed by atoms with E-state index in [1.807, 2.05) is 0 Å². The van der Waals surface area contributed by atoms with E-state index in [1.54, 1.807) is 18.2 Å². The van der Waals surface area contributed by atoms with Crippen molar-refractivity contribution in [2.45, 2.75) is 11.4 Å². The van der Waals surface area contributed by atoms with Crippen LogP contribution in [0.25, 0.3) is 0 Å². The maximum absolute atomic E-state index is 13.8. The lowest BCUT2D eigenvalue weighted by molar-refractivity contribution is 0.0696. The molecule has 0 unspecified atom stereocenters. The van der Waals surface area contributed by atoms with Gasteiger partial charge in [0.15, 0.2) is 11.5 Å². The number of carbonyl (C=O) groups is 1. The fraction of sp³-hybridized carbons (Fsp3) is 0.188. The molecule has 0 fully saturated rings. The molecular formula is C16H16FNO6S. The minimum absolute atomic E-state index is 0.139. The first-order valence-corrected chi connectivity index (χ1v) is 8.50. The van der Waals surface area contributed by atoms with Crippen LogP contribution in [0.1, 0.15) is 15.9 Å². The van der Waals surface area contributed by atoms with Crippen LogP contribution in [0.3, 0.4) is 0 Å². The highest BCUT2D eigenvalue weighted by Gasteiger charge is 2.21. The topological polar surface area (TPSA) is 102 Å². The van der Waals surface area contributed by atoms with Crippen molar-refractivity contribution in [1.29, 1.82) is 0 Å². The first-order chi connectivity index (χ1) is 11.8. The highest BCUT2D eigenvalue weighted by atomic mass is 32.2. The van der Waals surface area contributed by atoms with Crippen LogP contribution in [0.4, 0.5) is 4.39 Å². The monoisotopic (exact) mass is 369 g/mol. The Kier molecular flexibility index (Phi) is 5.60. The third-order valence-corrected chi connectivity index (χ3v) is 4.80. The Morgan fingerprint density at radius 3 is 2.40 bits per heavy atom. The number of hydrogen-bond donors (Lipinski definition) is 2. The predicted octanol–water partition coefficient (Wildman–Crippen LogP) is 2.02. The summed E-state index contributed by atoms with van der Waals surface area (Å²) in [6, 6.07) is 7.36. The molecule has 0 aliphatic heterocycles. The lowest BCUT2D eigenvalue weighted by Crippen LogP contribution is -2.24. The molecule has 9 heteroatoms. The molecule has 0 aliphatic carbocycles. The van der Waals surface area contributed by atoms with E-state index in [4.69, 9.17) is 14.6 Å². The molecule has 2 rings (SSSR count). The van der Waals surface area contributed by atoms with Gasteiger partial charge in [-0.1, -0.05) is 6.07 Å². The van der Waals surface area contributed by atoms with E-state index >= 15 is 0 Å². The number of aromatic carboxylic acids is 1. The Morgan fingerprint density at radius 2 is 1.80 bits per heavy atom. The molecule has 0 saturated heterocycles. The molecule has 0 saturated carbocycles. The molecule has 0 atom stereocenters. The van der Waals surface area contributed by atoms with Gasteiger partial charge in [0.25, 0.3) is 0 Å². The molecule has 0 aliphatic rings. The van der Waals surface area contributed by atoms with Gasteiger partial charge in [-0.25, -0.2) is 22.3 Å². The molecule has 7 nitrogen and oxygen atoms in total. The van der Waals surface area contributed by atoms with Crippen LogP contribution in [-0.4, -0.2) is 33.7 Å². The molecule has 0 bridgehead atoms. The summed E-state index contributed by atoms with van der Waals surface area (Å²) in [5.41, 5.74) is 0.226. The van der Waals surface area contributed by atoms with E-state index in [0.29, 0.717) is 17.1 Å². The molecule has 0 aromatic heterocycles. The molecule has 0 amide bonds. The SMILES string of the molecule is COc1ccc(CNS(=O)(=O)c2cc(C(=O)O)ccc2F)cc1OC. The number of benzene rings is 2. The van der Waals surface area contributed by atoms with Crippen LogP contribution in [0.2, 0.25) is 0 Å². The zero-order valence-electron chi connectivity index (χ0n) is 13.4. The predicted molar refractivity (Wildman–Crippen MR) is 86.9 cm³/mol. The quantitative estimate of drug-likeness (QED) is 0.774. The third-order valence-electron chi connectivity index (χ3n) is 3.38. The summed E-state index contributed by atoms with van der Waals surface area (Å²) < 4.78 is 50.8. The van der Waals surface area contributed by atoms with E-state index in [2.05, 4.69) is 4.72 Å². The second kappa shape index (κ2) is 7.49. The van der Waals surface area contributed by atoms with Gasteiger partial charge < -0.3 is 14.6 Å². The van der Waals surface area contributed by atoms with Crippen molar-refractivity contribution in [3.05, 3.63) is 53.3 Å². The lowest BCUT2D eigenvalue weighted by atomic mass is 10.2. The van der Waals surface area contributed by atoms with Gasteiger partial charge in [0, 0.05) is 6.54 Å². The first kappa shape index (κ1) is 18.7. The van der Waals surface area contributed by atoms with Crippen LogP contribution in [0, 0.1) is 5.82 Å². The number of carboxylic acid groups (broad SMARTS) is 1. The Bertz CT molecular complexity index is 897. The van der Waals surface area contributed by atoms with Gasteiger partial charge in [-0.2, -0.15) is 0 Å². The molecule has 134 valence electrons. The summed E-state index contributed by atoms with van der Waals surface area (Å²) in [7, 11) is -1.33. The summed E-state index contributed by atoms with van der Waals surface area (Å²) in [5, 5.41) is 8.92. The Balaban J connectivity index is 2.25. The fourth-order valence-electron chi connectivity index (χ4n) is 2.09. The second-order valence-electron chi connectivity index (χ2n) is 4.96. The molecule has 2 aromatic carbocycles. The van der Waals surface area contributed by atoms with Crippen molar-refractivity contribution in [3.8, 4) is 11.5 Å².